The highest BCUT2D eigenvalue weighted by atomic mass is 32.2. The van der Waals surface area contributed by atoms with Crippen LogP contribution in [0.2, 0.25) is 0 Å². The van der Waals surface area contributed by atoms with Crippen LogP contribution in [0.5, 0.6) is 0 Å². The second-order valence-corrected chi connectivity index (χ2v) is 4.22. The molecule has 1 aliphatic carbocycles. The molecule has 0 radical (unpaired) electrons. The van der Waals surface area contributed by atoms with Crippen molar-refractivity contribution in [2.24, 2.45) is 5.92 Å². The molecule has 0 amide bonds. The minimum absolute atomic E-state index is 0.835. The summed E-state index contributed by atoms with van der Waals surface area (Å²) in [6, 6.07) is 0. The monoisotopic (exact) mass is 186 g/mol. The van der Waals surface area contributed by atoms with Crippen LogP contribution in [0.25, 0.3) is 0 Å². The Balaban J connectivity index is 0.000000561. The largest absolute Gasteiger partial charge is 0.154 e. The second-order valence-electron chi connectivity index (χ2n) is 2.93. The molecule has 0 saturated heterocycles. The number of hydrogen-bond donors (Lipinski definition) is 0. The van der Waals surface area contributed by atoms with Crippen molar-refractivity contribution in [3.05, 3.63) is 12.2 Å². The maximum absolute atomic E-state index is 2.32. The van der Waals surface area contributed by atoms with E-state index >= 15 is 0 Å². The maximum atomic E-state index is 2.32. The third-order valence-corrected chi connectivity index (χ3v) is 3.43. The van der Waals surface area contributed by atoms with Crippen LogP contribution in [0, 0.1) is 5.92 Å². The van der Waals surface area contributed by atoms with Gasteiger partial charge in [-0.25, -0.2) is 0 Å². The fourth-order valence-corrected chi connectivity index (χ4v) is 2.32. The minimum Gasteiger partial charge on any atom is -0.154 e. The van der Waals surface area contributed by atoms with E-state index in [4.69, 9.17) is 0 Å². The van der Waals surface area contributed by atoms with Crippen LogP contribution in [-0.4, -0.2) is 11.0 Å². The van der Waals surface area contributed by atoms with Gasteiger partial charge < -0.3 is 0 Å². The zero-order chi connectivity index (χ0) is 9.40. The molecule has 0 aliphatic heterocycles. The van der Waals surface area contributed by atoms with Gasteiger partial charge in [-0.15, -0.1) is 0 Å². The Bertz CT molecular complexity index is 118. The summed E-state index contributed by atoms with van der Waals surface area (Å²) in [4.78, 5) is 0. The number of unbranched alkanes of at least 4 members (excludes halogenated alkanes) is 1. The van der Waals surface area contributed by atoms with Crippen molar-refractivity contribution in [3.63, 3.8) is 0 Å². The quantitative estimate of drug-likeness (QED) is 0.470. The normalized spacial score (nSPS) is 25.7. The SMILES string of the molecule is CC.CCCCSC1C=CC1C. The Morgan fingerprint density at radius 3 is 2.25 bits per heavy atom. The zero-order valence-electron chi connectivity index (χ0n) is 8.84. The number of thioether (sulfide) groups is 1. The first kappa shape index (κ1) is 12.1. The highest BCUT2D eigenvalue weighted by Gasteiger charge is 2.18. The summed E-state index contributed by atoms with van der Waals surface area (Å²) in [6.07, 6.45) is 7.33. The van der Waals surface area contributed by atoms with Crippen LogP contribution >= 0.6 is 11.8 Å². The van der Waals surface area contributed by atoms with Gasteiger partial charge in [-0.05, 0) is 18.1 Å². The smallest absolute Gasteiger partial charge is 0.0287 e. The Hall–Kier alpha value is 0.0900. The van der Waals surface area contributed by atoms with Gasteiger partial charge in [0.2, 0.25) is 0 Å². The molecule has 0 N–H and O–H groups in total. The summed E-state index contributed by atoms with van der Waals surface area (Å²) < 4.78 is 0. The van der Waals surface area contributed by atoms with Crippen molar-refractivity contribution in [3.8, 4) is 0 Å². The standard InChI is InChI=1S/C9H16S.C2H6/c1-3-4-7-10-9-6-5-8(9)2;1-2/h5-6,8-9H,3-4,7H2,1-2H3;1-2H3. The summed E-state index contributed by atoms with van der Waals surface area (Å²) in [7, 11) is 0. The Kier molecular flexibility index (Phi) is 7.78. The molecule has 0 aromatic heterocycles. The molecule has 72 valence electrons. The topological polar surface area (TPSA) is 0 Å². The van der Waals surface area contributed by atoms with E-state index < -0.39 is 0 Å². The second kappa shape index (κ2) is 7.72. The Morgan fingerprint density at radius 2 is 1.92 bits per heavy atom. The molecule has 1 rings (SSSR count). The lowest BCUT2D eigenvalue weighted by atomic mass is 9.97. The summed E-state index contributed by atoms with van der Waals surface area (Å²) in [5, 5.41) is 0.839. The van der Waals surface area contributed by atoms with Crippen molar-refractivity contribution >= 4 is 11.8 Å². The van der Waals surface area contributed by atoms with E-state index in [0.29, 0.717) is 0 Å². The van der Waals surface area contributed by atoms with E-state index in [2.05, 4.69) is 37.8 Å². The summed E-state index contributed by atoms with van der Waals surface area (Å²) in [5.74, 6) is 2.18. The molecule has 1 aliphatic rings. The molecule has 0 heterocycles. The van der Waals surface area contributed by atoms with Gasteiger partial charge in [-0.1, -0.05) is 46.3 Å². The van der Waals surface area contributed by atoms with E-state index in [1.54, 1.807) is 0 Å². The molecule has 2 atom stereocenters. The zero-order valence-corrected chi connectivity index (χ0v) is 9.66. The minimum atomic E-state index is 0.835. The molecule has 0 spiro atoms. The summed E-state index contributed by atoms with van der Waals surface area (Å²) >= 11 is 2.11. The lowest BCUT2D eigenvalue weighted by molar-refractivity contribution is 0.697. The van der Waals surface area contributed by atoms with Crippen LogP contribution in [0.3, 0.4) is 0 Å². The van der Waals surface area contributed by atoms with Crippen LogP contribution in [-0.2, 0) is 0 Å². The fourth-order valence-electron chi connectivity index (χ4n) is 0.995. The molecule has 0 aromatic rings. The van der Waals surface area contributed by atoms with Gasteiger partial charge in [0, 0.05) is 5.25 Å². The van der Waals surface area contributed by atoms with Crippen molar-refractivity contribution < 1.29 is 0 Å². The van der Waals surface area contributed by atoms with Gasteiger partial charge >= 0.3 is 0 Å². The van der Waals surface area contributed by atoms with Gasteiger partial charge in [-0.2, -0.15) is 11.8 Å². The molecule has 0 nitrogen and oxygen atoms in total. The number of hydrogen-bond acceptors (Lipinski definition) is 1. The van der Waals surface area contributed by atoms with Gasteiger partial charge in [0.05, 0.1) is 0 Å². The first-order valence-electron chi connectivity index (χ1n) is 5.14. The highest BCUT2D eigenvalue weighted by Crippen LogP contribution is 2.30. The predicted molar refractivity (Wildman–Crippen MR) is 60.8 cm³/mol. The number of rotatable bonds is 4. The number of allylic oxidation sites excluding steroid dienone is 1. The highest BCUT2D eigenvalue weighted by molar-refractivity contribution is 8.00. The molecule has 0 bridgehead atoms. The van der Waals surface area contributed by atoms with Crippen LogP contribution in [0.4, 0.5) is 0 Å². The average Bonchev–Trinajstić information content (AvgIpc) is 2.13. The molecule has 0 aromatic carbocycles. The van der Waals surface area contributed by atoms with E-state index in [1.807, 2.05) is 13.8 Å². The first-order valence-corrected chi connectivity index (χ1v) is 6.19. The lowest BCUT2D eigenvalue weighted by Crippen LogP contribution is -2.18. The van der Waals surface area contributed by atoms with Crippen LogP contribution < -0.4 is 0 Å². The van der Waals surface area contributed by atoms with Gasteiger partial charge in [0.1, 0.15) is 0 Å². The third kappa shape index (κ3) is 4.20. The Labute approximate surface area is 81.8 Å². The lowest BCUT2D eigenvalue weighted by Gasteiger charge is -2.24. The van der Waals surface area contributed by atoms with E-state index in [-0.39, 0.29) is 0 Å². The third-order valence-electron chi connectivity index (χ3n) is 1.93. The molecule has 12 heavy (non-hydrogen) atoms. The van der Waals surface area contributed by atoms with Crippen molar-refractivity contribution in [2.45, 2.75) is 45.8 Å². The molecular formula is C11H22S. The molecule has 2 unspecified atom stereocenters. The maximum Gasteiger partial charge on any atom is 0.0287 e. The van der Waals surface area contributed by atoms with Gasteiger partial charge in [0.25, 0.3) is 0 Å². The fraction of sp³-hybridized carbons (Fsp3) is 0.818. The van der Waals surface area contributed by atoms with Crippen LogP contribution in [0.1, 0.15) is 40.5 Å². The van der Waals surface area contributed by atoms with Gasteiger partial charge in [-0.3, -0.25) is 0 Å². The summed E-state index contributed by atoms with van der Waals surface area (Å²) in [6.45, 7) is 8.55. The summed E-state index contributed by atoms with van der Waals surface area (Å²) in [5.41, 5.74) is 0. The molecular weight excluding hydrogens is 164 g/mol. The molecule has 0 fully saturated rings. The first-order chi connectivity index (χ1) is 5.84. The van der Waals surface area contributed by atoms with Crippen LogP contribution in [0.15, 0.2) is 12.2 Å². The van der Waals surface area contributed by atoms with E-state index in [9.17, 15) is 0 Å². The average molecular weight is 186 g/mol. The molecule has 1 heteroatoms. The predicted octanol–water partition coefficient (Wildman–Crippen LogP) is 4.12. The van der Waals surface area contributed by atoms with Crippen molar-refractivity contribution in [2.75, 3.05) is 5.75 Å². The van der Waals surface area contributed by atoms with E-state index in [0.717, 1.165) is 11.2 Å². The van der Waals surface area contributed by atoms with Gasteiger partial charge in [0.15, 0.2) is 0 Å². The molecule has 0 saturated carbocycles. The van der Waals surface area contributed by atoms with E-state index in [1.165, 1.54) is 18.6 Å². The van der Waals surface area contributed by atoms with Crippen molar-refractivity contribution in [1.82, 2.24) is 0 Å². The van der Waals surface area contributed by atoms with Crippen molar-refractivity contribution in [1.29, 1.82) is 0 Å². The Morgan fingerprint density at radius 1 is 1.25 bits per heavy atom.